The van der Waals surface area contributed by atoms with Gasteiger partial charge in [0.25, 0.3) is 0 Å². The van der Waals surface area contributed by atoms with E-state index >= 15 is 0 Å². The molecule has 4 nitrogen and oxygen atoms in total. The molecule has 16 heavy (non-hydrogen) atoms. The van der Waals surface area contributed by atoms with Crippen LogP contribution >= 0.6 is 22.6 Å². The third-order valence-corrected chi connectivity index (χ3v) is 2.42. The van der Waals surface area contributed by atoms with E-state index in [2.05, 4.69) is 5.32 Å². The molecule has 0 aliphatic carbocycles. The molecule has 5 heteroatoms. The first-order valence-corrected chi connectivity index (χ1v) is 6.84. The smallest absolute Gasteiger partial charge is 0.306 e. The summed E-state index contributed by atoms with van der Waals surface area (Å²) in [7, 11) is 0. The highest BCUT2D eigenvalue weighted by Gasteiger charge is 2.17. The quantitative estimate of drug-likeness (QED) is 0.473. The lowest BCUT2D eigenvalue weighted by atomic mass is 10.1. The average Bonchev–Trinajstić information content (AvgIpc) is 2.12. The summed E-state index contributed by atoms with van der Waals surface area (Å²) in [6.07, 6.45) is 0.942. The molecular weight excluding hydrogens is 321 g/mol. The number of amides is 1. The first-order valence-electron chi connectivity index (χ1n) is 5.32. The number of carbonyl (C=O) groups is 2. The van der Waals surface area contributed by atoms with Crippen LogP contribution < -0.4 is 5.32 Å². The Morgan fingerprint density at radius 3 is 2.38 bits per heavy atom. The zero-order valence-electron chi connectivity index (χ0n) is 10.3. The van der Waals surface area contributed by atoms with Gasteiger partial charge in [-0.05, 0) is 34.1 Å². The summed E-state index contributed by atoms with van der Waals surface area (Å²) >= 11 is 2.00. The summed E-state index contributed by atoms with van der Waals surface area (Å²) in [6.45, 7) is 7.40. The minimum Gasteiger partial charge on any atom is -0.460 e. The number of alkyl halides is 1. The van der Waals surface area contributed by atoms with Gasteiger partial charge in [-0.2, -0.15) is 0 Å². The van der Waals surface area contributed by atoms with Crippen molar-refractivity contribution in [3.63, 3.8) is 0 Å². The Balaban J connectivity index is 3.79. The van der Waals surface area contributed by atoms with Crippen LogP contribution in [0.15, 0.2) is 0 Å². The Morgan fingerprint density at radius 2 is 1.94 bits per heavy atom. The third kappa shape index (κ3) is 8.94. The molecule has 1 amide bonds. The molecule has 0 radical (unpaired) electrons. The maximum atomic E-state index is 11.4. The van der Waals surface area contributed by atoms with Crippen molar-refractivity contribution in [3.05, 3.63) is 0 Å². The van der Waals surface area contributed by atoms with Gasteiger partial charge in [0.15, 0.2) is 0 Å². The van der Waals surface area contributed by atoms with Crippen LogP contribution in [0.3, 0.4) is 0 Å². The molecule has 0 fully saturated rings. The van der Waals surface area contributed by atoms with Crippen LogP contribution in [0.4, 0.5) is 0 Å². The fourth-order valence-corrected chi connectivity index (χ4v) is 1.33. The van der Waals surface area contributed by atoms with Gasteiger partial charge in [0.1, 0.15) is 5.60 Å². The van der Waals surface area contributed by atoms with Crippen LogP contribution in [0.1, 0.15) is 40.5 Å². The number of halogens is 1. The Morgan fingerprint density at radius 1 is 1.38 bits per heavy atom. The Hall–Kier alpha value is -0.330. The summed E-state index contributed by atoms with van der Waals surface area (Å²) in [5, 5.41) is 2.79. The molecule has 0 aromatic rings. The van der Waals surface area contributed by atoms with E-state index in [1.807, 2.05) is 50.3 Å². The van der Waals surface area contributed by atoms with E-state index in [0.717, 1.165) is 0 Å². The second-order valence-electron chi connectivity index (χ2n) is 4.73. The van der Waals surface area contributed by atoms with Gasteiger partial charge < -0.3 is 10.1 Å². The fraction of sp³-hybridized carbons (Fsp3) is 0.818. The van der Waals surface area contributed by atoms with E-state index in [-0.39, 0.29) is 17.9 Å². The highest BCUT2D eigenvalue weighted by molar-refractivity contribution is 14.1. The number of hydrogen-bond donors (Lipinski definition) is 1. The summed E-state index contributed by atoms with van der Waals surface area (Å²) in [6, 6.07) is 0.00906. The van der Waals surface area contributed by atoms with Crippen LogP contribution in [0, 0.1) is 0 Å². The van der Waals surface area contributed by atoms with Gasteiger partial charge in [-0.1, -0.05) is 22.6 Å². The molecule has 94 valence electrons. The molecule has 0 aliphatic heterocycles. The lowest BCUT2D eigenvalue weighted by Gasteiger charge is -2.20. The molecule has 0 aromatic heterocycles. The number of rotatable bonds is 5. The summed E-state index contributed by atoms with van der Waals surface area (Å²) in [5.41, 5.74) is -0.439. The van der Waals surface area contributed by atoms with Crippen molar-refractivity contribution in [3.8, 4) is 0 Å². The Bertz CT molecular complexity index is 248. The summed E-state index contributed by atoms with van der Waals surface area (Å²) in [5.74, 6) is -0.222. The Kier molecular flexibility index (Phi) is 6.94. The maximum Gasteiger partial charge on any atom is 0.306 e. The van der Waals surface area contributed by atoms with Crippen LogP contribution in [0.5, 0.6) is 0 Å². The van der Waals surface area contributed by atoms with E-state index in [1.165, 1.54) is 0 Å². The second-order valence-corrected chi connectivity index (χ2v) is 5.49. The van der Waals surface area contributed by atoms with Crippen molar-refractivity contribution in [2.24, 2.45) is 0 Å². The van der Waals surface area contributed by atoms with Crippen molar-refractivity contribution in [1.82, 2.24) is 5.32 Å². The number of esters is 1. The molecule has 1 atom stereocenters. The number of carbonyl (C=O) groups excluding carboxylic acids is 2. The van der Waals surface area contributed by atoms with Gasteiger partial charge in [0, 0.05) is 12.5 Å². The molecule has 0 aromatic carbocycles. The Labute approximate surface area is 111 Å². The normalized spacial score (nSPS) is 13.1. The van der Waals surface area contributed by atoms with Gasteiger partial charge in [-0.3, -0.25) is 9.59 Å². The predicted octanol–water partition coefficient (Wildman–Crippen LogP) is 2.05. The number of nitrogens with one attached hydrogen (secondary N) is 1. The topological polar surface area (TPSA) is 55.4 Å². The molecule has 0 heterocycles. The third-order valence-electron chi connectivity index (χ3n) is 1.73. The van der Waals surface area contributed by atoms with Crippen molar-refractivity contribution < 1.29 is 14.3 Å². The lowest BCUT2D eigenvalue weighted by Crippen LogP contribution is -2.34. The first kappa shape index (κ1) is 15.7. The van der Waals surface area contributed by atoms with E-state index in [0.29, 0.717) is 17.3 Å². The maximum absolute atomic E-state index is 11.4. The molecule has 0 saturated heterocycles. The number of ether oxygens (including phenoxy) is 1. The van der Waals surface area contributed by atoms with Crippen molar-refractivity contribution in [1.29, 1.82) is 0 Å². The largest absolute Gasteiger partial charge is 0.460 e. The monoisotopic (exact) mass is 341 g/mol. The van der Waals surface area contributed by atoms with Gasteiger partial charge in [-0.25, -0.2) is 0 Å². The molecule has 1 unspecified atom stereocenters. The second kappa shape index (κ2) is 7.09. The molecule has 1 N–H and O–H groups in total. The van der Waals surface area contributed by atoms with Crippen molar-refractivity contribution in [2.45, 2.75) is 52.2 Å². The average molecular weight is 341 g/mol. The van der Waals surface area contributed by atoms with Gasteiger partial charge in [0.05, 0.1) is 4.43 Å². The summed E-state index contributed by atoms with van der Waals surface area (Å²) < 4.78 is 5.61. The minimum atomic E-state index is -0.439. The van der Waals surface area contributed by atoms with Crippen molar-refractivity contribution >= 4 is 34.5 Å². The summed E-state index contributed by atoms with van der Waals surface area (Å²) in [4.78, 5) is 22.4. The minimum absolute atomic E-state index is 0.00251. The van der Waals surface area contributed by atoms with Crippen LogP contribution in [0.25, 0.3) is 0 Å². The molecule has 0 spiro atoms. The van der Waals surface area contributed by atoms with E-state index in [1.54, 1.807) is 0 Å². The highest BCUT2D eigenvalue weighted by Crippen LogP contribution is 2.09. The standard InChI is InChI=1S/C11H20INO3/c1-8(13-9(14)7-12)5-6-10(15)16-11(2,3)4/h8H,5-7H2,1-4H3,(H,13,14). The molecule has 0 rings (SSSR count). The van der Waals surface area contributed by atoms with Gasteiger partial charge in [-0.15, -0.1) is 0 Å². The van der Waals surface area contributed by atoms with Crippen LogP contribution in [0.2, 0.25) is 0 Å². The predicted molar refractivity (Wildman–Crippen MR) is 71.6 cm³/mol. The molecular formula is C11H20INO3. The van der Waals surface area contributed by atoms with Gasteiger partial charge in [0.2, 0.25) is 5.91 Å². The zero-order valence-corrected chi connectivity index (χ0v) is 12.5. The number of hydrogen-bond acceptors (Lipinski definition) is 3. The SMILES string of the molecule is CC(CCC(=O)OC(C)(C)C)NC(=O)CI. The zero-order chi connectivity index (χ0) is 12.8. The van der Waals surface area contributed by atoms with E-state index < -0.39 is 5.60 Å². The van der Waals surface area contributed by atoms with Gasteiger partial charge >= 0.3 is 5.97 Å². The fourth-order valence-electron chi connectivity index (χ4n) is 1.11. The van der Waals surface area contributed by atoms with Crippen molar-refractivity contribution in [2.75, 3.05) is 4.43 Å². The molecule has 0 saturated carbocycles. The van der Waals surface area contributed by atoms with E-state index in [4.69, 9.17) is 4.74 Å². The first-order chi connectivity index (χ1) is 7.24. The lowest BCUT2D eigenvalue weighted by molar-refractivity contribution is -0.155. The molecule has 0 bridgehead atoms. The van der Waals surface area contributed by atoms with E-state index in [9.17, 15) is 9.59 Å². The highest BCUT2D eigenvalue weighted by atomic mass is 127. The van der Waals surface area contributed by atoms with Crippen LogP contribution in [-0.4, -0.2) is 27.9 Å². The molecule has 0 aliphatic rings. The van der Waals surface area contributed by atoms with Crippen LogP contribution in [-0.2, 0) is 14.3 Å².